The number of hydrogen-bond acceptors (Lipinski definition) is 4. The number of pyridine rings is 2. The standard InChI is InChI=1S/C22H24N4O/c1-22(2,3)17-8-10-18(11-9-17)26-20-12-7-16(14-24-20)21(27)25-15-19-6-4-5-13-23-19/h4-14H,15H2,1-3H3,(H,24,26)(H,25,27). The third-order valence-corrected chi connectivity index (χ3v) is 4.21. The second-order valence-electron chi connectivity index (χ2n) is 7.39. The molecular formula is C22H24N4O. The normalized spacial score (nSPS) is 11.1. The van der Waals surface area contributed by atoms with E-state index in [0.29, 0.717) is 17.9 Å². The first-order chi connectivity index (χ1) is 12.9. The van der Waals surface area contributed by atoms with E-state index in [1.807, 2.05) is 30.3 Å². The van der Waals surface area contributed by atoms with Gasteiger partial charge in [-0.05, 0) is 47.4 Å². The molecule has 1 amide bonds. The molecule has 3 rings (SSSR count). The number of amides is 1. The Labute approximate surface area is 159 Å². The minimum Gasteiger partial charge on any atom is -0.346 e. The Balaban J connectivity index is 1.59. The van der Waals surface area contributed by atoms with Gasteiger partial charge in [0.15, 0.2) is 0 Å². The molecule has 0 saturated heterocycles. The Hall–Kier alpha value is -3.21. The number of carbonyl (C=O) groups excluding carboxylic acids is 1. The van der Waals surface area contributed by atoms with Crippen molar-refractivity contribution in [2.45, 2.75) is 32.7 Å². The summed E-state index contributed by atoms with van der Waals surface area (Å²) in [5, 5.41) is 6.10. The summed E-state index contributed by atoms with van der Waals surface area (Å²) in [6, 6.07) is 17.5. The molecule has 0 aliphatic heterocycles. The summed E-state index contributed by atoms with van der Waals surface area (Å²) >= 11 is 0. The number of benzene rings is 1. The smallest absolute Gasteiger partial charge is 0.253 e. The lowest BCUT2D eigenvalue weighted by molar-refractivity contribution is 0.0950. The highest BCUT2D eigenvalue weighted by Crippen LogP contribution is 2.24. The molecule has 0 unspecified atom stereocenters. The minimum absolute atomic E-state index is 0.126. The van der Waals surface area contributed by atoms with Gasteiger partial charge in [0.05, 0.1) is 17.8 Å². The molecule has 1 aromatic carbocycles. The second-order valence-corrected chi connectivity index (χ2v) is 7.39. The van der Waals surface area contributed by atoms with Gasteiger partial charge in [-0.1, -0.05) is 39.0 Å². The summed E-state index contributed by atoms with van der Waals surface area (Å²) in [6.45, 7) is 6.96. The fourth-order valence-corrected chi connectivity index (χ4v) is 2.58. The van der Waals surface area contributed by atoms with Gasteiger partial charge in [0.25, 0.3) is 5.91 Å². The van der Waals surface area contributed by atoms with Gasteiger partial charge in [0, 0.05) is 18.1 Å². The number of rotatable bonds is 5. The third-order valence-electron chi connectivity index (χ3n) is 4.21. The largest absolute Gasteiger partial charge is 0.346 e. The Morgan fingerprint density at radius 1 is 0.963 bits per heavy atom. The summed E-state index contributed by atoms with van der Waals surface area (Å²) in [4.78, 5) is 20.7. The minimum atomic E-state index is -0.172. The van der Waals surface area contributed by atoms with Gasteiger partial charge in [-0.15, -0.1) is 0 Å². The average molecular weight is 360 g/mol. The molecule has 0 bridgehead atoms. The maximum atomic E-state index is 12.2. The third kappa shape index (κ3) is 5.14. The van der Waals surface area contributed by atoms with Crippen LogP contribution in [0.15, 0.2) is 67.0 Å². The molecular weight excluding hydrogens is 336 g/mol. The van der Waals surface area contributed by atoms with Crippen molar-refractivity contribution in [2.75, 3.05) is 5.32 Å². The first kappa shape index (κ1) is 18.6. The SMILES string of the molecule is CC(C)(C)c1ccc(Nc2ccc(C(=O)NCc3ccccn3)cn2)cc1. The van der Waals surface area contributed by atoms with Crippen LogP contribution in [0.25, 0.3) is 0 Å². The molecule has 3 aromatic rings. The van der Waals surface area contributed by atoms with Crippen molar-refractivity contribution in [1.29, 1.82) is 0 Å². The lowest BCUT2D eigenvalue weighted by atomic mass is 9.87. The van der Waals surface area contributed by atoms with E-state index in [0.717, 1.165) is 11.4 Å². The van der Waals surface area contributed by atoms with Crippen molar-refractivity contribution >= 4 is 17.4 Å². The molecule has 0 aliphatic rings. The van der Waals surface area contributed by atoms with Crippen molar-refractivity contribution in [3.63, 3.8) is 0 Å². The quantitative estimate of drug-likeness (QED) is 0.705. The zero-order chi connectivity index (χ0) is 19.3. The fourth-order valence-electron chi connectivity index (χ4n) is 2.58. The van der Waals surface area contributed by atoms with E-state index in [9.17, 15) is 4.79 Å². The fraction of sp³-hybridized carbons (Fsp3) is 0.227. The lowest BCUT2D eigenvalue weighted by Crippen LogP contribution is -2.23. The predicted octanol–water partition coefficient (Wildman–Crippen LogP) is 4.45. The summed E-state index contributed by atoms with van der Waals surface area (Å²) in [6.07, 6.45) is 3.27. The first-order valence-electron chi connectivity index (χ1n) is 8.93. The molecule has 0 fully saturated rings. The Morgan fingerprint density at radius 2 is 1.74 bits per heavy atom. The number of aromatic nitrogens is 2. The van der Waals surface area contributed by atoms with Crippen LogP contribution in [0.5, 0.6) is 0 Å². The molecule has 138 valence electrons. The molecule has 2 heterocycles. The summed E-state index contributed by atoms with van der Waals surface area (Å²) in [5.74, 6) is 0.522. The molecule has 0 spiro atoms. The molecule has 27 heavy (non-hydrogen) atoms. The van der Waals surface area contributed by atoms with Crippen LogP contribution in [0.2, 0.25) is 0 Å². The number of carbonyl (C=O) groups is 1. The van der Waals surface area contributed by atoms with Crippen LogP contribution in [0.4, 0.5) is 11.5 Å². The van der Waals surface area contributed by atoms with E-state index >= 15 is 0 Å². The summed E-state index contributed by atoms with van der Waals surface area (Å²) in [7, 11) is 0. The molecule has 5 heteroatoms. The molecule has 5 nitrogen and oxygen atoms in total. The molecule has 2 N–H and O–H groups in total. The van der Waals surface area contributed by atoms with E-state index in [-0.39, 0.29) is 11.3 Å². The van der Waals surface area contributed by atoms with E-state index in [1.54, 1.807) is 24.5 Å². The topological polar surface area (TPSA) is 66.9 Å². The average Bonchev–Trinajstić information content (AvgIpc) is 2.67. The first-order valence-corrected chi connectivity index (χ1v) is 8.93. The molecule has 0 aliphatic carbocycles. The lowest BCUT2D eigenvalue weighted by Gasteiger charge is -2.19. The molecule has 2 aromatic heterocycles. The molecule has 0 saturated carbocycles. The Bertz CT molecular complexity index is 882. The zero-order valence-corrected chi connectivity index (χ0v) is 15.9. The van der Waals surface area contributed by atoms with Crippen molar-refractivity contribution in [3.05, 3.63) is 83.8 Å². The highest BCUT2D eigenvalue weighted by molar-refractivity contribution is 5.94. The highest BCUT2D eigenvalue weighted by atomic mass is 16.1. The van der Waals surface area contributed by atoms with Crippen molar-refractivity contribution in [3.8, 4) is 0 Å². The van der Waals surface area contributed by atoms with E-state index in [4.69, 9.17) is 0 Å². The van der Waals surface area contributed by atoms with Crippen LogP contribution >= 0.6 is 0 Å². The number of anilines is 2. The predicted molar refractivity (Wildman–Crippen MR) is 108 cm³/mol. The van der Waals surface area contributed by atoms with Crippen LogP contribution in [0.1, 0.15) is 42.4 Å². The number of nitrogens with one attached hydrogen (secondary N) is 2. The van der Waals surface area contributed by atoms with Crippen LogP contribution < -0.4 is 10.6 Å². The maximum absolute atomic E-state index is 12.2. The maximum Gasteiger partial charge on any atom is 0.253 e. The van der Waals surface area contributed by atoms with Gasteiger partial charge in [0.2, 0.25) is 0 Å². The number of nitrogens with zero attached hydrogens (tertiary/aromatic N) is 2. The van der Waals surface area contributed by atoms with Crippen molar-refractivity contribution in [2.24, 2.45) is 0 Å². The van der Waals surface area contributed by atoms with Crippen LogP contribution in [0.3, 0.4) is 0 Å². The Kier molecular flexibility index (Phi) is 5.50. The van der Waals surface area contributed by atoms with Crippen LogP contribution in [0, 0.1) is 0 Å². The number of hydrogen-bond donors (Lipinski definition) is 2. The van der Waals surface area contributed by atoms with Gasteiger partial charge in [0.1, 0.15) is 5.82 Å². The summed E-state index contributed by atoms with van der Waals surface area (Å²) in [5.41, 5.74) is 3.69. The zero-order valence-electron chi connectivity index (χ0n) is 15.9. The molecule has 0 radical (unpaired) electrons. The molecule has 0 atom stereocenters. The van der Waals surface area contributed by atoms with Gasteiger partial charge in [-0.2, -0.15) is 0 Å². The Morgan fingerprint density at radius 3 is 2.33 bits per heavy atom. The monoisotopic (exact) mass is 360 g/mol. The van der Waals surface area contributed by atoms with Crippen LogP contribution in [-0.4, -0.2) is 15.9 Å². The van der Waals surface area contributed by atoms with Gasteiger partial charge in [-0.3, -0.25) is 9.78 Å². The summed E-state index contributed by atoms with van der Waals surface area (Å²) < 4.78 is 0. The van der Waals surface area contributed by atoms with Crippen molar-refractivity contribution < 1.29 is 4.79 Å². The van der Waals surface area contributed by atoms with E-state index in [2.05, 4.69) is 53.5 Å². The highest BCUT2D eigenvalue weighted by Gasteiger charge is 2.13. The van der Waals surface area contributed by atoms with Crippen LogP contribution in [-0.2, 0) is 12.0 Å². The van der Waals surface area contributed by atoms with Gasteiger partial charge >= 0.3 is 0 Å². The van der Waals surface area contributed by atoms with E-state index < -0.39 is 0 Å². The van der Waals surface area contributed by atoms with Crippen molar-refractivity contribution in [1.82, 2.24) is 15.3 Å². The van der Waals surface area contributed by atoms with Gasteiger partial charge in [-0.25, -0.2) is 4.98 Å². The van der Waals surface area contributed by atoms with E-state index in [1.165, 1.54) is 5.56 Å². The second kappa shape index (κ2) is 7.99. The van der Waals surface area contributed by atoms with Gasteiger partial charge < -0.3 is 10.6 Å².